The second-order valence-corrected chi connectivity index (χ2v) is 5.19. The molecule has 0 saturated carbocycles. The molecule has 0 aromatic carbocycles. The van der Waals surface area contributed by atoms with Gasteiger partial charge in [0.1, 0.15) is 6.04 Å². The predicted octanol–water partition coefficient (Wildman–Crippen LogP) is -0.538. The fourth-order valence-electron chi connectivity index (χ4n) is 2.26. The Morgan fingerprint density at radius 1 is 1.62 bits per heavy atom. The minimum absolute atomic E-state index is 0.125. The molecule has 4 N–H and O–H groups in total. The van der Waals surface area contributed by atoms with Gasteiger partial charge in [0.25, 0.3) is 0 Å². The van der Waals surface area contributed by atoms with Gasteiger partial charge in [-0.15, -0.1) is 6.58 Å². The van der Waals surface area contributed by atoms with Gasteiger partial charge < -0.3 is 15.8 Å². The first-order valence-corrected chi connectivity index (χ1v) is 6.93. The summed E-state index contributed by atoms with van der Waals surface area (Å²) in [6.45, 7) is 5.45. The van der Waals surface area contributed by atoms with Crippen molar-refractivity contribution < 1.29 is 19.1 Å². The van der Waals surface area contributed by atoms with E-state index in [2.05, 4.69) is 17.2 Å². The van der Waals surface area contributed by atoms with Crippen LogP contribution in [-0.2, 0) is 19.1 Å². The molecule has 1 aliphatic heterocycles. The zero-order valence-corrected chi connectivity index (χ0v) is 12.4. The smallest absolute Gasteiger partial charge is 0.249 e. The van der Waals surface area contributed by atoms with Crippen molar-refractivity contribution in [3.63, 3.8) is 0 Å². The van der Waals surface area contributed by atoms with E-state index in [0.717, 1.165) is 0 Å². The Morgan fingerprint density at radius 2 is 2.29 bits per heavy atom. The molecule has 1 heterocycles. The number of amides is 3. The first-order valence-electron chi connectivity index (χ1n) is 6.93. The molecular formula is C14H23N3O4. The molecule has 0 radical (unpaired) electrons. The number of carbonyl (C=O) groups is 3. The average Bonchev–Trinajstić information content (AvgIpc) is 2.46. The van der Waals surface area contributed by atoms with Crippen LogP contribution in [0.25, 0.3) is 0 Å². The molecule has 21 heavy (non-hydrogen) atoms. The number of nitrogens with two attached hydrogens (primary N) is 1. The molecule has 3 amide bonds. The molecule has 1 aliphatic rings. The van der Waals surface area contributed by atoms with Crippen LogP contribution in [0.5, 0.6) is 0 Å². The third-order valence-electron chi connectivity index (χ3n) is 3.74. The minimum Gasteiger partial charge on any atom is -0.381 e. The lowest BCUT2D eigenvalue weighted by Crippen LogP contribution is -2.53. The zero-order chi connectivity index (χ0) is 16.0. The lowest BCUT2D eigenvalue weighted by Gasteiger charge is -2.27. The minimum atomic E-state index is -0.673. The lowest BCUT2D eigenvalue weighted by molar-refractivity contribution is -0.137. The summed E-state index contributed by atoms with van der Waals surface area (Å²) < 4.78 is 5.23. The second-order valence-electron chi connectivity index (χ2n) is 5.19. The summed E-state index contributed by atoms with van der Waals surface area (Å²) in [6, 6.07) is -1.05. The Labute approximate surface area is 124 Å². The highest BCUT2D eigenvalue weighted by atomic mass is 16.5. The van der Waals surface area contributed by atoms with Crippen LogP contribution >= 0.6 is 0 Å². The Hall–Kier alpha value is -1.73. The Morgan fingerprint density at radius 3 is 2.81 bits per heavy atom. The van der Waals surface area contributed by atoms with Crippen LogP contribution in [0, 0.1) is 5.92 Å². The third-order valence-corrected chi connectivity index (χ3v) is 3.74. The van der Waals surface area contributed by atoms with Gasteiger partial charge in [-0.2, -0.15) is 0 Å². The number of rotatable bonds is 7. The molecule has 1 fully saturated rings. The van der Waals surface area contributed by atoms with Gasteiger partial charge in [-0.1, -0.05) is 6.08 Å². The van der Waals surface area contributed by atoms with Gasteiger partial charge in [0.15, 0.2) is 0 Å². The number of ether oxygens (including phenoxy) is 1. The fourth-order valence-corrected chi connectivity index (χ4v) is 2.26. The molecule has 3 unspecified atom stereocenters. The van der Waals surface area contributed by atoms with Crippen LogP contribution in [0.4, 0.5) is 0 Å². The first-order chi connectivity index (χ1) is 9.88. The van der Waals surface area contributed by atoms with Gasteiger partial charge in [-0.05, 0) is 13.3 Å². The van der Waals surface area contributed by atoms with E-state index in [-0.39, 0.29) is 42.7 Å². The molecule has 1 saturated heterocycles. The van der Waals surface area contributed by atoms with Crippen LogP contribution in [0.1, 0.15) is 26.2 Å². The van der Waals surface area contributed by atoms with E-state index in [9.17, 15) is 14.4 Å². The SMILES string of the molecule is C=CC(N)C(CC(=O)NC1CCC(=O)NC1=O)[C@@H](C)OC. The van der Waals surface area contributed by atoms with E-state index in [1.807, 2.05) is 6.92 Å². The van der Waals surface area contributed by atoms with E-state index in [0.29, 0.717) is 6.42 Å². The van der Waals surface area contributed by atoms with Crippen molar-refractivity contribution in [1.29, 1.82) is 0 Å². The molecular weight excluding hydrogens is 274 g/mol. The van der Waals surface area contributed by atoms with E-state index >= 15 is 0 Å². The number of nitrogens with one attached hydrogen (secondary N) is 2. The summed E-state index contributed by atoms with van der Waals surface area (Å²) in [5.41, 5.74) is 5.92. The summed E-state index contributed by atoms with van der Waals surface area (Å²) in [4.78, 5) is 34.7. The van der Waals surface area contributed by atoms with E-state index in [1.165, 1.54) is 0 Å². The topological polar surface area (TPSA) is 111 Å². The highest BCUT2D eigenvalue weighted by Crippen LogP contribution is 2.16. The Bertz CT molecular complexity index is 424. The summed E-state index contributed by atoms with van der Waals surface area (Å²) in [5, 5.41) is 4.83. The van der Waals surface area contributed by atoms with Crippen LogP contribution < -0.4 is 16.4 Å². The summed E-state index contributed by atoms with van der Waals surface area (Å²) >= 11 is 0. The standard InChI is InChI=1S/C14H23N3O4/c1-4-10(15)9(8(2)21-3)7-13(19)16-11-5-6-12(18)17-14(11)20/h4,8-11H,1,5-7,15H2,2-3H3,(H,16,19)(H,17,18,20)/t8-,9?,10?,11?/m1/s1. The summed E-state index contributed by atoms with van der Waals surface area (Å²) in [6.07, 6.45) is 2.01. The van der Waals surface area contributed by atoms with Crippen LogP contribution in [0.3, 0.4) is 0 Å². The number of hydrogen-bond donors (Lipinski definition) is 3. The number of piperidine rings is 1. The maximum atomic E-state index is 12.1. The molecule has 0 aromatic rings. The van der Waals surface area contributed by atoms with Gasteiger partial charge in [0, 0.05) is 31.9 Å². The number of imide groups is 1. The van der Waals surface area contributed by atoms with Crippen molar-refractivity contribution in [3.05, 3.63) is 12.7 Å². The van der Waals surface area contributed by atoms with Gasteiger partial charge in [-0.3, -0.25) is 19.7 Å². The number of methoxy groups -OCH3 is 1. The third kappa shape index (κ3) is 4.95. The first kappa shape index (κ1) is 17.3. The normalized spacial score (nSPS) is 22.9. The molecule has 7 nitrogen and oxygen atoms in total. The molecule has 0 bridgehead atoms. The predicted molar refractivity (Wildman–Crippen MR) is 77.1 cm³/mol. The Kier molecular flexibility index (Phi) is 6.51. The molecule has 0 aromatic heterocycles. The quantitative estimate of drug-likeness (QED) is 0.432. The maximum absolute atomic E-state index is 12.1. The van der Waals surface area contributed by atoms with Crippen LogP contribution in [0.15, 0.2) is 12.7 Å². The lowest BCUT2D eigenvalue weighted by atomic mass is 9.91. The van der Waals surface area contributed by atoms with Gasteiger partial charge in [0.2, 0.25) is 17.7 Å². The van der Waals surface area contributed by atoms with E-state index in [1.54, 1.807) is 13.2 Å². The highest BCUT2D eigenvalue weighted by Gasteiger charge is 2.30. The van der Waals surface area contributed by atoms with Crippen LogP contribution in [-0.4, -0.2) is 43.0 Å². The van der Waals surface area contributed by atoms with Gasteiger partial charge in [0.05, 0.1) is 6.10 Å². The number of hydrogen-bond acceptors (Lipinski definition) is 5. The summed E-state index contributed by atoms with van der Waals surface area (Å²) in [7, 11) is 1.55. The zero-order valence-electron chi connectivity index (χ0n) is 12.4. The van der Waals surface area contributed by atoms with Crippen molar-refractivity contribution in [2.45, 2.75) is 44.4 Å². The number of carbonyl (C=O) groups excluding carboxylic acids is 3. The molecule has 118 valence electrons. The highest BCUT2D eigenvalue weighted by molar-refractivity contribution is 6.01. The molecule has 0 spiro atoms. The van der Waals surface area contributed by atoms with Crippen molar-refractivity contribution in [1.82, 2.24) is 10.6 Å². The van der Waals surface area contributed by atoms with E-state index < -0.39 is 11.9 Å². The molecule has 4 atom stereocenters. The molecule has 0 aliphatic carbocycles. The summed E-state index contributed by atoms with van der Waals surface area (Å²) in [5.74, 6) is -1.31. The average molecular weight is 297 g/mol. The monoisotopic (exact) mass is 297 g/mol. The van der Waals surface area contributed by atoms with E-state index in [4.69, 9.17) is 10.5 Å². The van der Waals surface area contributed by atoms with Crippen LogP contribution in [0.2, 0.25) is 0 Å². The fraction of sp³-hybridized carbons (Fsp3) is 0.643. The molecule has 7 heteroatoms. The Balaban J connectivity index is 2.59. The van der Waals surface area contributed by atoms with Gasteiger partial charge in [-0.25, -0.2) is 0 Å². The van der Waals surface area contributed by atoms with Crippen molar-refractivity contribution in [2.75, 3.05) is 7.11 Å². The second kappa shape index (κ2) is 7.90. The van der Waals surface area contributed by atoms with Crippen molar-refractivity contribution in [3.8, 4) is 0 Å². The van der Waals surface area contributed by atoms with Crippen molar-refractivity contribution >= 4 is 17.7 Å². The maximum Gasteiger partial charge on any atom is 0.249 e. The van der Waals surface area contributed by atoms with Crippen molar-refractivity contribution in [2.24, 2.45) is 11.7 Å². The van der Waals surface area contributed by atoms with Gasteiger partial charge >= 0.3 is 0 Å². The largest absolute Gasteiger partial charge is 0.381 e. The molecule has 1 rings (SSSR count).